The van der Waals surface area contributed by atoms with E-state index in [0.717, 1.165) is 4.47 Å². The normalized spacial score (nSPS) is 12.1. The first-order chi connectivity index (χ1) is 11.5. The van der Waals surface area contributed by atoms with Crippen molar-refractivity contribution in [2.75, 3.05) is 5.32 Å². The molecule has 0 spiro atoms. The van der Waals surface area contributed by atoms with Gasteiger partial charge in [0.05, 0.1) is 29.1 Å². The number of amides is 1. The smallest absolute Gasteiger partial charge is 0.249 e. The SMILES string of the molecule is Cc1cccc(Cn2cc(NC(=O)C(C)n3cc(Br)cn3)cn2)c1. The van der Waals surface area contributed by atoms with E-state index in [4.69, 9.17) is 0 Å². The molecule has 0 fully saturated rings. The minimum Gasteiger partial charge on any atom is -0.322 e. The third-order valence-corrected chi connectivity index (χ3v) is 4.08. The standard InChI is InChI=1S/C17H18BrN5O/c1-12-4-3-5-14(6-12)9-22-11-16(8-19-22)21-17(24)13(2)23-10-15(18)7-20-23/h3-8,10-11,13H,9H2,1-2H3,(H,21,24). The largest absolute Gasteiger partial charge is 0.322 e. The van der Waals surface area contributed by atoms with Crippen LogP contribution in [0.3, 0.4) is 0 Å². The van der Waals surface area contributed by atoms with Crippen molar-refractivity contribution in [2.45, 2.75) is 26.4 Å². The summed E-state index contributed by atoms with van der Waals surface area (Å²) in [5, 5.41) is 11.3. The Balaban J connectivity index is 1.64. The zero-order valence-corrected chi connectivity index (χ0v) is 15.1. The Labute approximate surface area is 148 Å². The van der Waals surface area contributed by atoms with Gasteiger partial charge in [-0.1, -0.05) is 29.8 Å². The Hall–Kier alpha value is -2.41. The predicted octanol–water partition coefficient (Wildman–Crippen LogP) is 3.40. The number of halogens is 1. The van der Waals surface area contributed by atoms with Crippen molar-refractivity contribution in [3.8, 4) is 0 Å². The van der Waals surface area contributed by atoms with E-state index in [9.17, 15) is 4.79 Å². The molecule has 3 rings (SSSR count). The number of carbonyl (C=O) groups excluding carboxylic acids is 1. The second kappa shape index (κ2) is 7.00. The van der Waals surface area contributed by atoms with Crippen LogP contribution in [-0.4, -0.2) is 25.5 Å². The zero-order chi connectivity index (χ0) is 17.1. The second-order valence-corrected chi connectivity index (χ2v) is 6.64. The third-order valence-electron chi connectivity index (χ3n) is 3.67. The molecule has 0 bridgehead atoms. The molecular weight excluding hydrogens is 370 g/mol. The van der Waals surface area contributed by atoms with Crippen LogP contribution in [0.2, 0.25) is 0 Å². The van der Waals surface area contributed by atoms with Gasteiger partial charge in [0, 0.05) is 12.4 Å². The van der Waals surface area contributed by atoms with Crippen LogP contribution < -0.4 is 5.32 Å². The minimum atomic E-state index is -0.406. The Morgan fingerprint density at radius 3 is 2.83 bits per heavy atom. The molecule has 0 aliphatic carbocycles. The van der Waals surface area contributed by atoms with Crippen molar-refractivity contribution in [3.05, 3.63) is 64.7 Å². The molecule has 1 N–H and O–H groups in total. The summed E-state index contributed by atoms with van der Waals surface area (Å²) in [5.41, 5.74) is 3.06. The minimum absolute atomic E-state index is 0.138. The van der Waals surface area contributed by atoms with Gasteiger partial charge in [-0.2, -0.15) is 10.2 Å². The number of hydrogen-bond acceptors (Lipinski definition) is 3. The van der Waals surface area contributed by atoms with E-state index in [2.05, 4.69) is 56.6 Å². The third kappa shape index (κ3) is 3.91. The first-order valence-corrected chi connectivity index (χ1v) is 8.39. The fourth-order valence-electron chi connectivity index (χ4n) is 2.41. The summed E-state index contributed by atoms with van der Waals surface area (Å²) in [6.07, 6.45) is 6.90. The molecule has 1 aromatic carbocycles. The van der Waals surface area contributed by atoms with E-state index in [1.807, 2.05) is 12.3 Å². The summed E-state index contributed by atoms with van der Waals surface area (Å²) in [6.45, 7) is 4.53. The van der Waals surface area contributed by atoms with Crippen molar-refractivity contribution < 1.29 is 4.79 Å². The number of carbonyl (C=O) groups is 1. The van der Waals surface area contributed by atoms with Gasteiger partial charge in [-0.3, -0.25) is 14.2 Å². The molecule has 7 heteroatoms. The molecule has 0 radical (unpaired) electrons. The molecule has 2 heterocycles. The van der Waals surface area contributed by atoms with Crippen LogP contribution in [0.25, 0.3) is 0 Å². The first-order valence-electron chi connectivity index (χ1n) is 7.60. The Bertz CT molecular complexity index is 854. The summed E-state index contributed by atoms with van der Waals surface area (Å²) >= 11 is 3.33. The van der Waals surface area contributed by atoms with Crippen LogP contribution in [0.15, 0.2) is 53.5 Å². The van der Waals surface area contributed by atoms with Crippen LogP contribution in [0.4, 0.5) is 5.69 Å². The Morgan fingerprint density at radius 2 is 2.12 bits per heavy atom. The van der Waals surface area contributed by atoms with Crippen molar-refractivity contribution in [1.29, 1.82) is 0 Å². The molecular formula is C17H18BrN5O. The monoisotopic (exact) mass is 387 g/mol. The number of aromatic nitrogens is 4. The van der Waals surface area contributed by atoms with Gasteiger partial charge in [-0.25, -0.2) is 0 Å². The summed E-state index contributed by atoms with van der Waals surface area (Å²) in [6, 6.07) is 7.87. The van der Waals surface area contributed by atoms with Gasteiger partial charge in [-0.05, 0) is 35.3 Å². The fraction of sp³-hybridized carbons (Fsp3) is 0.235. The summed E-state index contributed by atoms with van der Waals surface area (Å²) in [7, 11) is 0. The Morgan fingerprint density at radius 1 is 1.29 bits per heavy atom. The van der Waals surface area contributed by atoms with Crippen molar-refractivity contribution in [2.24, 2.45) is 0 Å². The van der Waals surface area contributed by atoms with Crippen molar-refractivity contribution >= 4 is 27.5 Å². The van der Waals surface area contributed by atoms with Gasteiger partial charge >= 0.3 is 0 Å². The lowest BCUT2D eigenvalue weighted by molar-refractivity contribution is -0.119. The molecule has 0 aliphatic rings. The maximum atomic E-state index is 12.3. The average Bonchev–Trinajstić information content (AvgIpc) is 3.16. The number of benzene rings is 1. The number of anilines is 1. The molecule has 0 saturated heterocycles. The van der Waals surface area contributed by atoms with Crippen LogP contribution in [0, 0.1) is 6.92 Å². The van der Waals surface area contributed by atoms with Crippen LogP contribution in [0.1, 0.15) is 24.1 Å². The zero-order valence-electron chi connectivity index (χ0n) is 13.5. The molecule has 6 nitrogen and oxygen atoms in total. The topological polar surface area (TPSA) is 64.7 Å². The number of hydrogen-bond donors (Lipinski definition) is 1. The molecule has 0 aliphatic heterocycles. The average molecular weight is 388 g/mol. The lowest BCUT2D eigenvalue weighted by Gasteiger charge is -2.11. The van der Waals surface area contributed by atoms with E-state index in [1.54, 1.807) is 34.9 Å². The molecule has 1 atom stereocenters. The van der Waals surface area contributed by atoms with E-state index in [0.29, 0.717) is 12.2 Å². The summed E-state index contributed by atoms with van der Waals surface area (Å²) in [4.78, 5) is 12.3. The highest BCUT2D eigenvalue weighted by atomic mass is 79.9. The fourth-order valence-corrected chi connectivity index (χ4v) is 2.71. The number of aryl methyl sites for hydroxylation is 1. The molecule has 3 aromatic rings. The highest BCUT2D eigenvalue weighted by Crippen LogP contribution is 2.15. The molecule has 1 amide bonds. The summed E-state index contributed by atoms with van der Waals surface area (Å²) < 4.78 is 4.25. The predicted molar refractivity (Wildman–Crippen MR) is 95.8 cm³/mol. The van der Waals surface area contributed by atoms with Crippen molar-refractivity contribution in [1.82, 2.24) is 19.6 Å². The Kier molecular flexibility index (Phi) is 4.80. The van der Waals surface area contributed by atoms with Gasteiger partial charge in [0.1, 0.15) is 6.04 Å². The molecule has 0 saturated carbocycles. The van der Waals surface area contributed by atoms with E-state index >= 15 is 0 Å². The number of nitrogens with one attached hydrogen (secondary N) is 1. The summed E-state index contributed by atoms with van der Waals surface area (Å²) in [5.74, 6) is -0.138. The van der Waals surface area contributed by atoms with Crippen molar-refractivity contribution in [3.63, 3.8) is 0 Å². The maximum absolute atomic E-state index is 12.3. The second-order valence-electron chi connectivity index (χ2n) is 5.72. The van der Waals surface area contributed by atoms with Gasteiger partial charge in [0.15, 0.2) is 0 Å². The lowest BCUT2D eigenvalue weighted by Crippen LogP contribution is -2.23. The van der Waals surface area contributed by atoms with Gasteiger partial charge in [0.25, 0.3) is 0 Å². The van der Waals surface area contributed by atoms with E-state index in [-0.39, 0.29) is 5.91 Å². The van der Waals surface area contributed by atoms with Crippen LogP contribution in [-0.2, 0) is 11.3 Å². The van der Waals surface area contributed by atoms with Gasteiger partial charge in [-0.15, -0.1) is 0 Å². The van der Waals surface area contributed by atoms with Crippen LogP contribution >= 0.6 is 15.9 Å². The van der Waals surface area contributed by atoms with Gasteiger partial charge in [0.2, 0.25) is 5.91 Å². The molecule has 124 valence electrons. The molecule has 1 unspecified atom stereocenters. The van der Waals surface area contributed by atoms with Crippen LogP contribution in [0.5, 0.6) is 0 Å². The molecule has 2 aromatic heterocycles. The molecule has 24 heavy (non-hydrogen) atoms. The van der Waals surface area contributed by atoms with E-state index in [1.165, 1.54) is 11.1 Å². The maximum Gasteiger partial charge on any atom is 0.249 e. The lowest BCUT2D eigenvalue weighted by atomic mass is 10.1. The van der Waals surface area contributed by atoms with E-state index < -0.39 is 6.04 Å². The first kappa shape index (κ1) is 16.4. The highest BCUT2D eigenvalue weighted by molar-refractivity contribution is 9.10. The number of rotatable bonds is 5. The number of nitrogens with zero attached hydrogens (tertiary/aromatic N) is 4. The quantitative estimate of drug-likeness (QED) is 0.729. The van der Waals surface area contributed by atoms with Gasteiger partial charge < -0.3 is 5.32 Å². The highest BCUT2D eigenvalue weighted by Gasteiger charge is 2.16.